The molecule has 1 saturated carbocycles. The first-order valence-corrected chi connectivity index (χ1v) is 4.43. The molecule has 1 aromatic carbocycles. The zero-order chi connectivity index (χ0) is 11.2. The van der Waals surface area contributed by atoms with Crippen LogP contribution in [0.25, 0.3) is 0 Å². The SMILES string of the molecule is O=C(O)C1(c2c(O)ccc(O)c2F)CC1. The summed E-state index contributed by atoms with van der Waals surface area (Å²) in [5, 5.41) is 27.5. The number of benzene rings is 1. The number of halogens is 1. The third-order valence-corrected chi connectivity index (χ3v) is 2.74. The smallest absolute Gasteiger partial charge is 0.314 e. The maximum atomic E-state index is 13.5. The van der Waals surface area contributed by atoms with Crippen LogP contribution < -0.4 is 0 Å². The predicted octanol–water partition coefficient (Wildman–Crippen LogP) is 1.35. The van der Waals surface area contributed by atoms with E-state index in [-0.39, 0.29) is 18.4 Å². The van der Waals surface area contributed by atoms with Crippen LogP contribution in [-0.4, -0.2) is 21.3 Å². The lowest BCUT2D eigenvalue weighted by atomic mass is 9.94. The first-order chi connectivity index (χ1) is 6.99. The van der Waals surface area contributed by atoms with Gasteiger partial charge in [0, 0.05) is 0 Å². The number of aliphatic carboxylic acids is 1. The number of aromatic hydroxyl groups is 2. The second-order valence-corrected chi connectivity index (χ2v) is 3.68. The number of carboxylic acid groups (broad SMARTS) is 1. The molecule has 0 bridgehead atoms. The molecule has 4 nitrogen and oxygen atoms in total. The van der Waals surface area contributed by atoms with E-state index in [1.807, 2.05) is 0 Å². The molecule has 2 rings (SSSR count). The molecule has 1 fully saturated rings. The highest BCUT2D eigenvalue weighted by Crippen LogP contribution is 2.53. The molecular formula is C10H9FO4. The van der Waals surface area contributed by atoms with Gasteiger partial charge in [-0.1, -0.05) is 0 Å². The van der Waals surface area contributed by atoms with Crippen molar-refractivity contribution in [3.63, 3.8) is 0 Å². The van der Waals surface area contributed by atoms with E-state index in [4.69, 9.17) is 10.2 Å². The van der Waals surface area contributed by atoms with Crippen LogP contribution in [-0.2, 0) is 10.2 Å². The fraction of sp³-hybridized carbons (Fsp3) is 0.300. The number of rotatable bonds is 2. The number of hydrogen-bond donors (Lipinski definition) is 3. The van der Waals surface area contributed by atoms with Gasteiger partial charge in [-0.15, -0.1) is 0 Å². The molecule has 0 radical (unpaired) electrons. The Kier molecular flexibility index (Phi) is 1.86. The number of phenols is 2. The summed E-state index contributed by atoms with van der Waals surface area (Å²) < 4.78 is 13.5. The van der Waals surface area contributed by atoms with Crippen molar-refractivity contribution >= 4 is 5.97 Å². The molecule has 80 valence electrons. The Balaban J connectivity index is 2.62. The fourth-order valence-electron chi connectivity index (χ4n) is 1.71. The molecule has 0 unspecified atom stereocenters. The van der Waals surface area contributed by atoms with Crippen molar-refractivity contribution in [3.05, 3.63) is 23.5 Å². The molecule has 0 amide bonds. The van der Waals surface area contributed by atoms with Crippen molar-refractivity contribution in [1.82, 2.24) is 0 Å². The highest BCUT2D eigenvalue weighted by Gasteiger charge is 2.55. The van der Waals surface area contributed by atoms with Gasteiger partial charge in [0.25, 0.3) is 0 Å². The highest BCUT2D eigenvalue weighted by atomic mass is 19.1. The van der Waals surface area contributed by atoms with Crippen LogP contribution in [0.5, 0.6) is 11.5 Å². The Morgan fingerprint density at radius 3 is 2.27 bits per heavy atom. The van der Waals surface area contributed by atoms with Crippen LogP contribution in [0.4, 0.5) is 4.39 Å². The van der Waals surface area contributed by atoms with Gasteiger partial charge in [0.1, 0.15) is 5.75 Å². The second-order valence-electron chi connectivity index (χ2n) is 3.68. The van der Waals surface area contributed by atoms with E-state index in [2.05, 4.69) is 0 Å². The van der Waals surface area contributed by atoms with Gasteiger partial charge in [-0.25, -0.2) is 4.39 Å². The Morgan fingerprint density at radius 2 is 1.80 bits per heavy atom. The van der Waals surface area contributed by atoms with Crippen molar-refractivity contribution in [3.8, 4) is 11.5 Å². The van der Waals surface area contributed by atoms with Gasteiger partial charge >= 0.3 is 5.97 Å². The topological polar surface area (TPSA) is 77.8 Å². The average Bonchev–Trinajstić information content (AvgIpc) is 2.93. The van der Waals surface area contributed by atoms with Crippen molar-refractivity contribution in [1.29, 1.82) is 0 Å². The minimum absolute atomic E-state index is 0.274. The summed E-state index contributed by atoms with van der Waals surface area (Å²) in [4.78, 5) is 10.9. The molecule has 0 spiro atoms. The second kappa shape index (κ2) is 2.85. The number of phenolic OH excluding ortho intramolecular Hbond substituents is 2. The summed E-state index contributed by atoms with van der Waals surface area (Å²) in [5.41, 5.74) is -1.66. The minimum atomic E-state index is -1.35. The summed E-state index contributed by atoms with van der Waals surface area (Å²) in [6.45, 7) is 0. The van der Waals surface area contributed by atoms with Crippen LogP contribution in [0.1, 0.15) is 18.4 Å². The summed E-state index contributed by atoms with van der Waals surface area (Å²) in [5.74, 6) is -3.29. The Labute approximate surface area is 84.6 Å². The summed E-state index contributed by atoms with van der Waals surface area (Å²) in [6, 6.07) is 2.09. The molecular weight excluding hydrogens is 203 g/mol. The van der Waals surface area contributed by atoms with Gasteiger partial charge in [0.2, 0.25) is 0 Å². The van der Waals surface area contributed by atoms with Crippen LogP contribution in [0, 0.1) is 5.82 Å². The van der Waals surface area contributed by atoms with Gasteiger partial charge < -0.3 is 15.3 Å². The van der Waals surface area contributed by atoms with Crippen molar-refractivity contribution < 1.29 is 24.5 Å². The fourth-order valence-corrected chi connectivity index (χ4v) is 1.71. The van der Waals surface area contributed by atoms with E-state index in [1.165, 1.54) is 0 Å². The molecule has 0 saturated heterocycles. The van der Waals surface area contributed by atoms with Gasteiger partial charge in [0.15, 0.2) is 11.6 Å². The van der Waals surface area contributed by atoms with E-state index >= 15 is 0 Å². The maximum absolute atomic E-state index is 13.5. The van der Waals surface area contributed by atoms with Crippen LogP contribution in [0.15, 0.2) is 12.1 Å². The lowest BCUT2D eigenvalue weighted by Crippen LogP contribution is -2.21. The van der Waals surface area contributed by atoms with Gasteiger partial charge in [0.05, 0.1) is 11.0 Å². The highest BCUT2D eigenvalue weighted by molar-refractivity contribution is 5.86. The first-order valence-electron chi connectivity index (χ1n) is 4.43. The predicted molar refractivity (Wildman–Crippen MR) is 48.3 cm³/mol. The van der Waals surface area contributed by atoms with Crippen LogP contribution in [0.3, 0.4) is 0 Å². The third kappa shape index (κ3) is 1.23. The van der Waals surface area contributed by atoms with Crippen LogP contribution in [0.2, 0.25) is 0 Å². The monoisotopic (exact) mass is 212 g/mol. The molecule has 0 heterocycles. The van der Waals surface area contributed by atoms with Gasteiger partial charge in [-0.05, 0) is 25.0 Å². The van der Waals surface area contributed by atoms with Gasteiger partial charge in [-0.3, -0.25) is 4.79 Å². The van der Waals surface area contributed by atoms with E-state index < -0.39 is 28.7 Å². The Morgan fingerprint density at radius 1 is 1.27 bits per heavy atom. The maximum Gasteiger partial charge on any atom is 0.314 e. The molecule has 1 aliphatic carbocycles. The van der Waals surface area contributed by atoms with Crippen molar-refractivity contribution in [2.75, 3.05) is 0 Å². The zero-order valence-electron chi connectivity index (χ0n) is 7.70. The molecule has 0 aromatic heterocycles. The molecule has 5 heteroatoms. The quantitative estimate of drug-likeness (QED) is 0.646. The molecule has 0 atom stereocenters. The summed E-state index contributed by atoms with van der Waals surface area (Å²) in [6.07, 6.45) is 0.548. The van der Waals surface area contributed by atoms with Crippen molar-refractivity contribution in [2.24, 2.45) is 0 Å². The number of hydrogen-bond acceptors (Lipinski definition) is 3. The first kappa shape index (κ1) is 9.76. The van der Waals surface area contributed by atoms with Gasteiger partial charge in [-0.2, -0.15) is 0 Å². The number of carbonyl (C=O) groups is 1. The molecule has 15 heavy (non-hydrogen) atoms. The summed E-state index contributed by atoms with van der Waals surface area (Å²) >= 11 is 0. The molecule has 0 aliphatic heterocycles. The number of carboxylic acids is 1. The Bertz CT molecular complexity index is 437. The Hall–Kier alpha value is -1.78. The van der Waals surface area contributed by atoms with E-state index in [1.54, 1.807) is 0 Å². The minimum Gasteiger partial charge on any atom is -0.508 e. The molecule has 1 aliphatic rings. The molecule has 1 aromatic rings. The normalized spacial score (nSPS) is 17.4. The zero-order valence-corrected chi connectivity index (χ0v) is 7.70. The largest absolute Gasteiger partial charge is 0.508 e. The average molecular weight is 212 g/mol. The van der Waals surface area contributed by atoms with Crippen LogP contribution >= 0.6 is 0 Å². The lowest BCUT2D eigenvalue weighted by molar-refractivity contribution is -0.140. The molecule has 3 N–H and O–H groups in total. The lowest BCUT2D eigenvalue weighted by Gasteiger charge is -2.13. The van der Waals surface area contributed by atoms with E-state index in [0.29, 0.717) is 0 Å². The van der Waals surface area contributed by atoms with Crippen molar-refractivity contribution in [2.45, 2.75) is 18.3 Å². The van der Waals surface area contributed by atoms with E-state index in [9.17, 15) is 14.3 Å². The van der Waals surface area contributed by atoms with E-state index in [0.717, 1.165) is 12.1 Å². The third-order valence-electron chi connectivity index (χ3n) is 2.74. The standard InChI is InChI=1S/C10H9FO4/c11-8-6(13)2-1-5(12)7(8)10(3-4-10)9(14)15/h1-2,12-13H,3-4H2,(H,14,15). The summed E-state index contributed by atoms with van der Waals surface area (Å²) in [7, 11) is 0.